The van der Waals surface area contributed by atoms with E-state index in [4.69, 9.17) is 0 Å². The van der Waals surface area contributed by atoms with Gasteiger partial charge < -0.3 is 10.2 Å². The summed E-state index contributed by atoms with van der Waals surface area (Å²) in [6, 6.07) is 8.30. The first kappa shape index (κ1) is 14.4. The van der Waals surface area contributed by atoms with E-state index in [0.29, 0.717) is 6.42 Å². The Balaban J connectivity index is 1.52. The van der Waals surface area contributed by atoms with Crippen LogP contribution in [0.1, 0.15) is 51.4 Å². The normalized spacial score (nSPS) is 20.0. The van der Waals surface area contributed by atoms with Crippen molar-refractivity contribution in [2.45, 2.75) is 51.4 Å². The first-order chi connectivity index (χ1) is 10.3. The molecule has 1 amide bonds. The van der Waals surface area contributed by atoms with Crippen LogP contribution in [0.15, 0.2) is 24.3 Å². The molecule has 1 aromatic rings. The predicted octanol–water partition coefficient (Wildman–Crippen LogP) is 4.20. The van der Waals surface area contributed by atoms with Gasteiger partial charge >= 0.3 is 0 Å². The Labute approximate surface area is 127 Å². The van der Waals surface area contributed by atoms with Gasteiger partial charge in [-0.25, -0.2) is 0 Å². The van der Waals surface area contributed by atoms with Crippen LogP contribution in [-0.4, -0.2) is 19.0 Å². The monoisotopic (exact) mass is 286 g/mol. The minimum absolute atomic E-state index is 0.259. The number of anilines is 2. The van der Waals surface area contributed by atoms with Crippen LogP contribution in [0.5, 0.6) is 0 Å². The summed E-state index contributed by atoms with van der Waals surface area (Å²) in [7, 11) is 0. The number of amides is 1. The highest BCUT2D eigenvalue weighted by molar-refractivity contribution is 5.95. The minimum atomic E-state index is 0.259. The summed E-state index contributed by atoms with van der Waals surface area (Å²) in [6.45, 7) is 1.91. The fourth-order valence-corrected chi connectivity index (χ4v) is 3.60. The Morgan fingerprint density at radius 2 is 2.00 bits per heavy atom. The van der Waals surface area contributed by atoms with E-state index in [1.54, 1.807) is 0 Å². The molecule has 1 saturated heterocycles. The third-order valence-electron chi connectivity index (χ3n) is 4.84. The largest absolute Gasteiger partial charge is 0.385 e. The summed E-state index contributed by atoms with van der Waals surface area (Å²) in [4.78, 5) is 13.7. The topological polar surface area (TPSA) is 32.3 Å². The summed E-state index contributed by atoms with van der Waals surface area (Å²) in [5, 5.41) is 3.53. The highest BCUT2D eigenvalue weighted by atomic mass is 16.2. The van der Waals surface area contributed by atoms with Crippen molar-refractivity contribution in [3.63, 3.8) is 0 Å². The van der Waals surface area contributed by atoms with Crippen molar-refractivity contribution in [1.82, 2.24) is 0 Å². The van der Waals surface area contributed by atoms with Crippen LogP contribution in [0.2, 0.25) is 0 Å². The van der Waals surface area contributed by atoms with Crippen LogP contribution >= 0.6 is 0 Å². The molecule has 3 rings (SSSR count). The number of rotatable bonds is 5. The first-order valence-corrected chi connectivity index (χ1v) is 8.47. The quantitative estimate of drug-likeness (QED) is 0.880. The molecule has 1 N–H and O–H groups in total. The molecule has 1 heterocycles. The van der Waals surface area contributed by atoms with Gasteiger partial charge in [0.25, 0.3) is 0 Å². The SMILES string of the molecule is O=C1CCCN1c1cccc(NCCC2CCCCC2)c1. The second kappa shape index (κ2) is 6.97. The highest BCUT2D eigenvalue weighted by Gasteiger charge is 2.21. The first-order valence-electron chi connectivity index (χ1n) is 8.47. The summed E-state index contributed by atoms with van der Waals surface area (Å²) in [5.74, 6) is 1.17. The second-order valence-electron chi connectivity index (χ2n) is 6.42. The fourth-order valence-electron chi connectivity index (χ4n) is 3.60. The van der Waals surface area contributed by atoms with Gasteiger partial charge in [0, 0.05) is 30.9 Å². The Hall–Kier alpha value is -1.51. The minimum Gasteiger partial charge on any atom is -0.385 e. The zero-order valence-corrected chi connectivity index (χ0v) is 12.8. The number of benzene rings is 1. The van der Waals surface area contributed by atoms with E-state index in [2.05, 4.69) is 17.4 Å². The van der Waals surface area contributed by atoms with Gasteiger partial charge in [0.1, 0.15) is 0 Å². The summed E-state index contributed by atoms with van der Waals surface area (Å²) >= 11 is 0. The fraction of sp³-hybridized carbons (Fsp3) is 0.611. The standard InChI is InChI=1S/C18H26N2O/c21-18-10-5-13-20(18)17-9-4-8-16(14-17)19-12-11-15-6-2-1-3-7-15/h4,8-9,14-15,19H,1-3,5-7,10-13H2. The van der Waals surface area contributed by atoms with E-state index >= 15 is 0 Å². The van der Waals surface area contributed by atoms with Crippen molar-refractivity contribution in [3.05, 3.63) is 24.3 Å². The summed E-state index contributed by atoms with van der Waals surface area (Å²) < 4.78 is 0. The van der Waals surface area contributed by atoms with Gasteiger partial charge in [-0.15, -0.1) is 0 Å². The molecule has 2 aliphatic rings. The molecule has 1 aliphatic carbocycles. The number of nitrogens with one attached hydrogen (secondary N) is 1. The van der Waals surface area contributed by atoms with Crippen molar-refractivity contribution >= 4 is 17.3 Å². The molecule has 21 heavy (non-hydrogen) atoms. The van der Waals surface area contributed by atoms with E-state index in [1.807, 2.05) is 17.0 Å². The maximum absolute atomic E-state index is 11.8. The lowest BCUT2D eigenvalue weighted by Crippen LogP contribution is -2.23. The van der Waals surface area contributed by atoms with Crippen LogP contribution in [0.3, 0.4) is 0 Å². The maximum Gasteiger partial charge on any atom is 0.227 e. The van der Waals surface area contributed by atoms with Crippen LogP contribution < -0.4 is 10.2 Å². The van der Waals surface area contributed by atoms with Crippen molar-refractivity contribution in [3.8, 4) is 0 Å². The number of carbonyl (C=O) groups excluding carboxylic acids is 1. The van der Waals surface area contributed by atoms with Crippen molar-refractivity contribution in [2.24, 2.45) is 5.92 Å². The molecule has 114 valence electrons. The molecule has 2 fully saturated rings. The molecule has 0 unspecified atom stereocenters. The number of nitrogens with zero attached hydrogens (tertiary/aromatic N) is 1. The summed E-state index contributed by atoms with van der Waals surface area (Å²) in [5.41, 5.74) is 2.18. The van der Waals surface area contributed by atoms with E-state index in [1.165, 1.54) is 38.5 Å². The van der Waals surface area contributed by atoms with Gasteiger partial charge in [0.05, 0.1) is 0 Å². The zero-order valence-electron chi connectivity index (χ0n) is 12.8. The molecule has 0 atom stereocenters. The van der Waals surface area contributed by atoms with Crippen LogP contribution in [0.25, 0.3) is 0 Å². The molecular formula is C18H26N2O. The average molecular weight is 286 g/mol. The average Bonchev–Trinajstić information content (AvgIpc) is 2.95. The molecule has 1 aromatic carbocycles. The van der Waals surface area contributed by atoms with Gasteiger partial charge in [-0.05, 0) is 37.0 Å². The lowest BCUT2D eigenvalue weighted by Gasteiger charge is -2.22. The molecule has 3 heteroatoms. The van der Waals surface area contributed by atoms with E-state index < -0.39 is 0 Å². The van der Waals surface area contributed by atoms with Gasteiger partial charge in [-0.3, -0.25) is 4.79 Å². The van der Waals surface area contributed by atoms with Gasteiger partial charge in [0.15, 0.2) is 0 Å². The Morgan fingerprint density at radius 1 is 1.14 bits per heavy atom. The lowest BCUT2D eigenvalue weighted by molar-refractivity contribution is -0.117. The zero-order chi connectivity index (χ0) is 14.5. The molecule has 0 bridgehead atoms. The van der Waals surface area contributed by atoms with Crippen molar-refractivity contribution in [1.29, 1.82) is 0 Å². The molecule has 0 spiro atoms. The van der Waals surface area contributed by atoms with E-state index in [-0.39, 0.29) is 5.91 Å². The van der Waals surface area contributed by atoms with Crippen LogP contribution in [-0.2, 0) is 4.79 Å². The maximum atomic E-state index is 11.8. The lowest BCUT2D eigenvalue weighted by atomic mass is 9.87. The Bertz CT molecular complexity index is 480. The van der Waals surface area contributed by atoms with Crippen LogP contribution in [0, 0.1) is 5.92 Å². The molecule has 3 nitrogen and oxygen atoms in total. The van der Waals surface area contributed by atoms with Crippen LogP contribution in [0.4, 0.5) is 11.4 Å². The molecule has 0 radical (unpaired) electrons. The Morgan fingerprint density at radius 3 is 2.76 bits per heavy atom. The molecular weight excluding hydrogens is 260 g/mol. The summed E-state index contributed by atoms with van der Waals surface area (Å²) in [6.07, 6.45) is 10.0. The second-order valence-corrected chi connectivity index (χ2v) is 6.42. The van der Waals surface area contributed by atoms with E-state index in [0.717, 1.165) is 36.8 Å². The van der Waals surface area contributed by atoms with Crippen molar-refractivity contribution < 1.29 is 4.79 Å². The van der Waals surface area contributed by atoms with E-state index in [9.17, 15) is 4.79 Å². The van der Waals surface area contributed by atoms with Gasteiger partial charge in [-0.1, -0.05) is 38.2 Å². The number of hydrogen-bond donors (Lipinski definition) is 1. The smallest absolute Gasteiger partial charge is 0.227 e. The number of hydrogen-bond acceptors (Lipinski definition) is 2. The predicted molar refractivity (Wildman–Crippen MR) is 87.7 cm³/mol. The van der Waals surface area contributed by atoms with Crippen molar-refractivity contribution in [2.75, 3.05) is 23.3 Å². The molecule has 1 saturated carbocycles. The highest BCUT2D eigenvalue weighted by Crippen LogP contribution is 2.27. The molecule has 1 aliphatic heterocycles. The third-order valence-corrected chi connectivity index (χ3v) is 4.84. The number of carbonyl (C=O) groups is 1. The third kappa shape index (κ3) is 3.78. The molecule has 0 aromatic heterocycles. The van der Waals surface area contributed by atoms with Gasteiger partial charge in [0.2, 0.25) is 5.91 Å². The van der Waals surface area contributed by atoms with Gasteiger partial charge in [-0.2, -0.15) is 0 Å². The Kier molecular flexibility index (Phi) is 4.79.